The Kier molecular flexibility index (Phi) is 7.30. The van der Waals surface area contributed by atoms with Crippen molar-refractivity contribution in [1.82, 2.24) is 4.98 Å². The van der Waals surface area contributed by atoms with Gasteiger partial charge in [-0.05, 0) is 60.7 Å². The van der Waals surface area contributed by atoms with E-state index in [-0.39, 0.29) is 6.61 Å². The third-order valence-corrected chi connectivity index (χ3v) is 4.53. The van der Waals surface area contributed by atoms with Crippen LogP contribution in [0.3, 0.4) is 0 Å². The summed E-state index contributed by atoms with van der Waals surface area (Å²) in [5.41, 5.74) is 2.85. The fraction of sp³-hybridized carbons (Fsp3) is 0.261. The molecule has 4 nitrogen and oxygen atoms in total. The SMILES string of the molecule is OCCCCc1ccc(NCc2coc(C=Cc3ccc(C(F)(F)F)cc3)n2)cc1. The molecule has 0 bridgehead atoms. The molecular formula is C23H23F3N2O2. The van der Waals surface area contributed by atoms with E-state index in [4.69, 9.17) is 9.52 Å². The molecule has 0 saturated heterocycles. The largest absolute Gasteiger partial charge is 0.445 e. The van der Waals surface area contributed by atoms with E-state index in [1.165, 1.54) is 17.7 Å². The standard InChI is InChI=1S/C23H23F3N2O2/c24-23(25,26)19-9-4-18(5-10-19)8-13-22-28-21(16-30-22)15-27-20-11-6-17(7-12-20)3-1-2-14-29/h4-13,16,27,29H,1-3,14-15H2. The monoisotopic (exact) mass is 416 g/mol. The van der Waals surface area contributed by atoms with Crippen molar-refractivity contribution in [2.24, 2.45) is 0 Å². The van der Waals surface area contributed by atoms with E-state index in [1.807, 2.05) is 12.1 Å². The molecule has 2 N–H and O–H groups in total. The number of aromatic nitrogens is 1. The Labute approximate surface area is 173 Å². The minimum atomic E-state index is -4.34. The van der Waals surface area contributed by atoms with Crippen LogP contribution in [0.5, 0.6) is 0 Å². The highest BCUT2D eigenvalue weighted by molar-refractivity contribution is 5.66. The molecule has 1 aromatic heterocycles. The first-order valence-corrected chi connectivity index (χ1v) is 9.67. The number of nitrogens with one attached hydrogen (secondary N) is 1. The minimum Gasteiger partial charge on any atom is -0.445 e. The number of hydrogen-bond acceptors (Lipinski definition) is 4. The van der Waals surface area contributed by atoms with Gasteiger partial charge in [0.05, 0.1) is 17.8 Å². The third-order valence-electron chi connectivity index (χ3n) is 4.53. The minimum absolute atomic E-state index is 0.221. The number of oxazole rings is 1. The smallest absolute Gasteiger partial charge is 0.416 e. The summed E-state index contributed by atoms with van der Waals surface area (Å²) in [7, 11) is 0. The molecule has 7 heteroatoms. The Morgan fingerprint density at radius 2 is 1.70 bits per heavy atom. The van der Waals surface area contributed by atoms with Crippen LogP contribution < -0.4 is 5.32 Å². The Balaban J connectivity index is 1.51. The fourth-order valence-electron chi connectivity index (χ4n) is 2.85. The second-order valence-electron chi connectivity index (χ2n) is 6.86. The molecule has 30 heavy (non-hydrogen) atoms. The first-order chi connectivity index (χ1) is 14.4. The van der Waals surface area contributed by atoms with Crippen LogP contribution in [0.15, 0.2) is 59.2 Å². The number of aliphatic hydroxyl groups is 1. The zero-order valence-corrected chi connectivity index (χ0v) is 16.3. The van der Waals surface area contributed by atoms with Crippen molar-refractivity contribution in [3.63, 3.8) is 0 Å². The average molecular weight is 416 g/mol. The lowest BCUT2D eigenvalue weighted by Gasteiger charge is -2.06. The summed E-state index contributed by atoms with van der Waals surface area (Å²) in [6.07, 6.45) is 3.19. The highest BCUT2D eigenvalue weighted by atomic mass is 19.4. The van der Waals surface area contributed by atoms with E-state index >= 15 is 0 Å². The normalized spacial score (nSPS) is 11.9. The number of anilines is 1. The van der Waals surface area contributed by atoms with Crippen molar-refractivity contribution in [3.8, 4) is 0 Å². The molecule has 0 radical (unpaired) electrons. The van der Waals surface area contributed by atoms with Crippen molar-refractivity contribution in [2.75, 3.05) is 11.9 Å². The van der Waals surface area contributed by atoms with Crippen LogP contribution >= 0.6 is 0 Å². The van der Waals surface area contributed by atoms with Crippen molar-refractivity contribution in [1.29, 1.82) is 0 Å². The average Bonchev–Trinajstić information content (AvgIpc) is 3.19. The maximum Gasteiger partial charge on any atom is 0.416 e. The van der Waals surface area contributed by atoms with E-state index < -0.39 is 11.7 Å². The van der Waals surface area contributed by atoms with E-state index in [9.17, 15) is 13.2 Å². The van der Waals surface area contributed by atoms with Crippen molar-refractivity contribution < 1.29 is 22.7 Å². The number of unbranched alkanes of at least 4 members (excludes halogenated alkanes) is 1. The summed E-state index contributed by atoms with van der Waals surface area (Å²) < 4.78 is 43.2. The Morgan fingerprint density at radius 1 is 0.967 bits per heavy atom. The molecule has 0 aliphatic rings. The van der Waals surface area contributed by atoms with Gasteiger partial charge in [0, 0.05) is 18.4 Å². The van der Waals surface area contributed by atoms with Gasteiger partial charge in [-0.3, -0.25) is 0 Å². The van der Waals surface area contributed by atoms with Gasteiger partial charge in [-0.1, -0.05) is 24.3 Å². The molecule has 0 fully saturated rings. The zero-order valence-electron chi connectivity index (χ0n) is 16.3. The second kappa shape index (κ2) is 10.1. The number of alkyl halides is 3. The fourth-order valence-corrected chi connectivity index (χ4v) is 2.85. The van der Waals surface area contributed by atoms with Gasteiger partial charge in [0.25, 0.3) is 0 Å². The van der Waals surface area contributed by atoms with E-state index in [1.54, 1.807) is 18.4 Å². The van der Waals surface area contributed by atoms with Gasteiger partial charge in [0.15, 0.2) is 0 Å². The summed E-state index contributed by atoms with van der Waals surface area (Å²) in [5.74, 6) is 0.380. The molecule has 0 unspecified atom stereocenters. The number of aliphatic hydroxyl groups excluding tert-OH is 1. The van der Waals surface area contributed by atoms with Crippen LogP contribution in [0.25, 0.3) is 12.2 Å². The quantitative estimate of drug-likeness (QED) is 0.434. The summed E-state index contributed by atoms with van der Waals surface area (Å²) in [6.45, 7) is 0.709. The molecular weight excluding hydrogens is 393 g/mol. The number of nitrogens with zero attached hydrogens (tertiary/aromatic N) is 1. The molecule has 1 heterocycles. The lowest BCUT2D eigenvalue weighted by atomic mass is 10.1. The third kappa shape index (κ3) is 6.49. The lowest BCUT2D eigenvalue weighted by Crippen LogP contribution is -2.03. The van der Waals surface area contributed by atoms with Gasteiger partial charge < -0.3 is 14.8 Å². The lowest BCUT2D eigenvalue weighted by molar-refractivity contribution is -0.137. The van der Waals surface area contributed by atoms with E-state index in [0.717, 1.165) is 37.1 Å². The second-order valence-corrected chi connectivity index (χ2v) is 6.86. The topological polar surface area (TPSA) is 58.3 Å². The molecule has 0 atom stereocenters. The van der Waals surface area contributed by atoms with Gasteiger partial charge in [0.1, 0.15) is 6.26 Å². The summed E-state index contributed by atoms with van der Waals surface area (Å²) in [6, 6.07) is 13.0. The van der Waals surface area contributed by atoms with Crippen LogP contribution in [0.1, 0.15) is 41.1 Å². The van der Waals surface area contributed by atoms with Gasteiger partial charge in [-0.15, -0.1) is 0 Å². The van der Waals surface area contributed by atoms with E-state index in [0.29, 0.717) is 23.7 Å². The van der Waals surface area contributed by atoms with Crippen LogP contribution in [-0.2, 0) is 19.1 Å². The number of rotatable bonds is 9. The van der Waals surface area contributed by atoms with Gasteiger partial charge >= 0.3 is 6.18 Å². The number of benzene rings is 2. The summed E-state index contributed by atoms with van der Waals surface area (Å²) in [5, 5.41) is 12.1. The zero-order chi connectivity index (χ0) is 21.4. The predicted octanol–water partition coefficient (Wildman–Crippen LogP) is 5.79. The maximum absolute atomic E-state index is 12.6. The summed E-state index contributed by atoms with van der Waals surface area (Å²) >= 11 is 0. The highest BCUT2D eigenvalue weighted by Crippen LogP contribution is 2.29. The molecule has 0 aliphatic carbocycles. The first kappa shape index (κ1) is 21.6. The van der Waals surface area contributed by atoms with Gasteiger partial charge in [0.2, 0.25) is 5.89 Å². The summed E-state index contributed by atoms with van der Waals surface area (Å²) in [4.78, 5) is 4.35. The maximum atomic E-state index is 12.6. The number of halogens is 3. The van der Waals surface area contributed by atoms with Crippen molar-refractivity contribution in [3.05, 3.63) is 83.1 Å². The number of hydrogen-bond donors (Lipinski definition) is 2. The Morgan fingerprint density at radius 3 is 2.37 bits per heavy atom. The molecule has 158 valence electrons. The number of aryl methyl sites for hydroxylation is 1. The predicted molar refractivity (Wildman–Crippen MR) is 111 cm³/mol. The first-order valence-electron chi connectivity index (χ1n) is 9.67. The Hall–Kier alpha value is -3.06. The van der Waals surface area contributed by atoms with Crippen LogP contribution in [0, 0.1) is 0 Å². The highest BCUT2D eigenvalue weighted by Gasteiger charge is 2.29. The van der Waals surface area contributed by atoms with Crippen LogP contribution in [0.2, 0.25) is 0 Å². The van der Waals surface area contributed by atoms with Crippen molar-refractivity contribution >= 4 is 17.8 Å². The van der Waals surface area contributed by atoms with Gasteiger partial charge in [-0.25, -0.2) is 4.98 Å². The molecule has 0 aliphatic heterocycles. The van der Waals surface area contributed by atoms with Gasteiger partial charge in [-0.2, -0.15) is 13.2 Å². The molecule has 0 saturated carbocycles. The Bertz CT molecular complexity index is 946. The van der Waals surface area contributed by atoms with Crippen LogP contribution in [-0.4, -0.2) is 16.7 Å². The molecule has 2 aromatic carbocycles. The molecule has 3 aromatic rings. The van der Waals surface area contributed by atoms with Crippen molar-refractivity contribution in [2.45, 2.75) is 32.0 Å². The molecule has 0 spiro atoms. The molecule has 0 amide bonds. The molecule has 3 rings (SSSR count). The van der Waals surface area contributed by atoms with E-state index in [2.05, 4.69) is 22.4 Å². The van der Waals surface area contributed by atoms with Crippen LogP contribution in [0.4, 0.5) is 18.9 Å².